The van der Waals surface area contributed by atoms with Crippen molar-refractivity contribution in [2.24, 2.45) is 5.92 Å². The molecule has 4 rings (SSSR count). The summed E-state index contributed by atoms with van der Waals surface area (Å²) in [7, 11) is 0. The second-order valence-electron chi connectivity index (χ2n) is 6.99. The molecule has 1 aliphatic carbocycles. The minimum Gasteiger partial charge on any atom is -0.339 e. The van der Waals surface area contributed by atoms with Crippen LogP contribution in [-0.2, 0) is 11.2 Å². The van der Waals surface area contributed by atoms with Gasteiger partial charge in [0.05, 0.1) is 0 Å². The summed E-state index contributed by atoms with van der Waals surface area (Å²) in [4.78, 5) is 15.2. The lowest BCUT2D eigenvalue weighted by molar-refractivity contribution is -0.133. The lowest BCUT2D eigenvalue weighted by Crippen LogP contribution is -2.38. The highest BCUT2D eigenvalue weighted by atomic mass is 79.9. The van der Waals surface area contributed by atoms with Crippen LogP contribution in [0.4, 0.5) is 0 Å². The van der Waals surface area contributed by atoms with Crippen LogP contribution in [0, 0.1) is 5.92 Å². The van der Waals surface area contributed by atoms with E-state index in [1.165, 1.54) is 11.1 Å². The molecule has 2 fully saturated rings. The summed E-state index contributed by atoms with van der Waals surface area (Å²) in [5.41, 5.74) is 2.62. The van der Waals surface area contributed by atoms with E-state index in [1.54, 1.807) is 0 Å². The number of hydrogen-bond acceptors (Lipinski definition) is 1. The second-order valence-corrected chi connectivity index (χ2v) is 7.84. The van der Waals surface area contributed by atoms with Crippen molar-refractivity contribution < 1.29 is 4.79 Å². The molecule has 0 bridgehead atoms. The van der Waals surface area contributed by atoms with Gasteiger partial charge in [0.1, 0.15) is 0 Å². The van der Waals surface area contributed by atoms with E-state index in [1.807, 2.05) is 12.1 Å². The molecule has 0 N–H and O–H groups in total. The Morgan fingerprint density at radius 3 is 2.62 bits per heavy atom. The Morgan fingerprint density at radius 2 is 1.83 bits per heavy atom. The third kappa shape index (κ3) is 3.14. The van der Waals surface area contributed by atoms with E-state index in [9.17, 15) is 4.79 Å². The fraction of sp³-hybridized carbons (Fsp3) is 0.381. The monoisotopic (exact) mass is 383 g/mol. The van der Waals surface area contributed by atoms with E-state index in [0.717, 1.165) is 36.7 Å². The maximum absolute atomic E-state index is 13.0. The molecule has 2 nitrogen and oxygen atoms in total. The average Bonchev–Trinajstić information content (AvgIpc) is 3.27. The Bertz CT molecular complexity index is 730. The summed E-state index contributed by atoms with van der Waals surface area (Å²) in [6.07, 6.45) is 4.25. The Morgan fingerprint density at radius 1 is 1.08 bits per heavy atom. The first kappa shape index (κ1) is 15.9. The van der Waals surface area contributed by atoms with Crippen molar-refractivity contribution >= 4 is 21.8 Å². The maximum atomic E-state index is 13.0. The van der Waals surface area contributed by atoms with Crippen molar-refractivity contribution in [2.45, 2.75) is 37.6 Å². The minimum absolute atomic E-state index is 0.181. The predicted molar refractivity (Wildman–Crippen MR) is 99.9 cm³/mol. The van der Waals surface area contributed by atoms with Crippen LogP contribution in [0.5, 0.6) is 0 Å². The highest BCUT2D eigenvalue weighted by Crippen LogP contribution is 2.51. The summed E-state index contributed by atoms with van der Waals surface area (Å²) in [5, 5.41) is 0. The van der Waals surface area contributed by atoms with Gasteiger partial charge in [-0.3, -0.25) is 4.79 Å². The standard InChI is InChI=1S/C21H22BrNO/c22-20-11-5-4-10-17(20)18-14-19(18)21(24)23-12-6-9-16(23)13-15-7-2-1-3-8-15/h1-5,7-8,10-11,16,18-19H,6,9,12-14H2/t16-,18+,19+/m0/s1. The highest BCUT2D eigenvalue weighted by Gasteiger charge is 2.48. The van der Waals surface area contributed by atoms with E-state index in [-0.39, 0.29) is 5.92 Å². The fourth-order valence-corrected chi connectivity index (χ4v) is 4.60. The molecule has 2 aliphatic rings. The van der Waals surface area contributed by atoms with Gasteiger partial charge in [-0.2, -0.15) is 0 Å². The quantitative estimate of drug-likeness (QED) is 0.743. The zero-order valence-corrected chi connectivity index (χ0v) is 15.3. The van der Waals surface area contributed by atoms with Gasteiger partial charge < -0.3 is 4.90 Å². The maximum Gasteiger partial charge on any atom is 0.226 e. The summed E-state index contributed by atoms with van der Waals surface area (Å²) in [6, 6.07) is 19.2. The molecule has 1 aliphatic heterocycles. The fourth-order valence-electron chi connectivity index (χ4n) is 4.02. The Labute approximate surface area is 152 Å². The SMILES string of the molecule is O=C([C@@H]1C[C@@H]1c1ccccc1Br)N1CCC[C@H]1Cc1ccccc1. The van der Waals surface area contributed by atoms with Crippen LogP contribution < -0.4 is 0 Å². The first-order valence-electron chi connectivity index (χ1n) is 8.83. The van der Waals surface area contributed by atoms with Crippen LogP contribution in [-0.4, -0.2) is 23.4 Å². The van der Waals surface area contributed by atoms with Crippen molar-refractivity contribution in [1.82, 2.24) is 4.90 Å². The molecule has 1 heterocycles. The molecule has 1 saturated heterocycles. The van der Waals surface area contributed by atoms with Crippen LogP contribution in [0.1, 0.15) is 36.3 Å². The molecule has 0 aromatic heterocycles. The first-order chi connectivity index (χ1) is 11.7. The van der Waals surface area contributed by atoms with Gasteiger partial charge in [0.15, 0.2) is 0 Å². The number of benzene rings is 2. The number of nitrogens with zero attached hydrogens (tertiary/aromatic N) is 1. The van der Waals surface area contributed by atoms with E-state index >= 15 is 0 Å². The molecule has 1 saturated carbocycles. The molecule has 3 atom stereocenters. The summed E-state index contributed by atoms with van der Waals surface area (Å²) in [6.45, 7) is 0.926. The molecule has 2 aromatic carbocycles. The van der Waals surface area contributed by atoms with Crippen molar-refractivity contribution in [3.63, 3.8) is 0 Å². The van der Waals surface area contributed by atoms with E-state index in [0.29, 0.717) is 17.9 Å². The Balaban J connectivity index is 1.44. The van der Waals surface area contributed by atoms with Crippen molar-refractivity contribution in [3.8, 4) is 0 Å². The van der Waals surface area contributed by atoms with Crippen LogP contribution >= 0.6 is 15.9 Å². The van der Waals surface area contributed by atoms with Gasteiger partial charge in [-0.25, -0.2) is 0 Å². The van der Waals surface area contributed by atoms with Gasteiger partial charge in [-0.15, -0.1) is 0 Å². The van der Waals surface area contributed by atoms with Gasteiger partial charge in [-0.1, -0.05) is 64.5 Å². The molecule has 0 radical (unpaired) electrons. The first-order valence-corrected chi connectivity index (χ1v) is 9.62. The lowest BCUT2D eigenvalue weighted by atomic mass is 10.0. The van der Waals surface area contributed by atoms with Gasteiger partial charge >= 0.3 is 0 Å². The van der Waals surface area contributed by atoms with Gasteiger partial charge in [-0.05, 0) is 48.8 Å². The number of carbonyl (C=O) groups is 1. The van der Waals surface area contributed by atoms with Crippen molar-refractivity contribution in [2.75, 3.05) is 6.54 Å². The minimum atomic E-state index is 0.181. The molecule has 24 heavy (non-hydrogen) atoms. The Hall–Kier alpha value is -1.61. The largest absolute Gasteiger partial charge is 0.339 e. The van der Waals surface area contributed by atoms with Crippen LogP contribution in [0.15, 0.2) is 59.1 Å². The second kappa shape index (κ2) is 6.72. The number of amides is 1. The summed E-state index contributed by atoms with van der Waals surface area (Å²) >= 11 is 3.63. The normalized spacial score (nSPS) is 25.7. The topological polar surface area (TPSA) is 20.3 Å². The van der Waals surface area contributed by atoms with Crippen LogP contribution in [0.3, 0.4) is 0 Å². The molecule has 0 spiro atoms. The molecular formula is C21H22BrNO. The third-order valence-corrected chi connectivity index (χ3v) is 6.11. The lowest BCUT2D eigenvalue weighted by Gasteiger charge is -2.25. The van der Waals surface area contributed by atoms with Crippen LogP contribution in [0.2, 0.25) is 0 Å². The van der Waals surface area contributed by atoms with E-state index in [2.05, 4.69) is 63.3 Å². The molecule has 1 amide bonds. The zero-order valence-electron chi connectivity index (χ0n) is 13.7. The van der Waals surface area contributed by atoms with E-state index < -0.39 is 0 Å². The van der Waals surface area contributed by atoms with Crippen molar-refractivity contribution in [3.05, 3.63) is 70.2 Å². The van der Waals surface area contributed by atoms with Crippen LogP contribution in [0.25, 0.3) is 0 Å². The van der Waals surface area contributed by atoms with Gasteiger partial charge in [0.2, 0.25) is 5.91 Å². The zero-order chi connectivity index (χ0) is 16.5. The number of rotatable bonds is 4. The molecular weight excluding hydrogens is 362 g/mol. The van der Waals surface area contributed by atoms with Gasteiger partial charge in [0, 0.05) is 23.0 Å². The van der Waals surface area contributed by atoms with Gasteiger partial charge in [0.25, 0.3) is 0 Å². The number of carbonyl (C=O) groups excluding carboxylic acids is 1. The summed E-state index contributed by atoms with van der Waals surface area (Å²) < 4.78 is 1.13. The summed E-state index contributed by atoms with van der Waals surface area (Å²) in [5.74, 6) is 0.945. The Kier molecular flexibility index (Phi) is 4.45. The molecule has 2 aromatic rings. The molecule has 124 valence electrons. The number of likely N-dealkylation sites (tertiary alicyclic amines) is 1. The van der Waals surface area contributed by atoms with Crippen molar-refractivity contribution in [1.29, 1.82) is 0 Å². The molecule has 0 unspecified atom stereocenters. The predicted octanol–water partition coefficient (Wildman–Crippen LogP) is 4.79. The smallest absolute Gasteiger partial charge is 0.226 e. The highest BCUT2D eigenvalue weighted by molar-refractivity contribution is 9.10. The molecule has 3 heteroatoms. The third-order valence-electron chi connectivity index (χ3n) is 5.39. The number of hydrogen-bond donors (Lipinski definition) is 0. The number of halogens is 1. The van der Waals surface area contributed by atoms with E-state index in [4.69, 9.17) is 0 Å². The average molecular weight is 384 g/mol.